The van der Waals surface area contributed by atoms with Gasteiger partial charge in [0.1, 0.15) is 5.56 Å². The quantitative estimate of drug-likeness (QED) is 0.616. The minimum atomic E-state index is -0.668. The predicted molar refractivity (Wildman–Crippen MR) is 99.2 cm³/mol. The molecule has 27 heavy (non-hydrogen) atoms. The van der Waals surface area contributed by atoms with Crippen LogP contribution in [0.15, 0.2) is 24.3 Å². The van der Waals surface area contributed by atoms with Crippen molar-refractivity contribution in [3.63, 3.8) is 0 Å². The fraction of sp³-hybridized carbons (Fsp3) is 0.316. The van der Waals surface area contributed by atoms with Crippen LogP contribution in [-0.4, -0.2) is 32.2 Å². The molecule has 2 aromatic carbocycles. The molecule has 1 N–H and O–H groups in total. The van der Waals surface area contributed by atoms with E-state index in [1.807, 2.05) is 12.1 Å². The van der Waals surface area contributed by atoms with E-state index in [-0.39, 0.29) is 22.8 Å². The topological polar surface area (TPSA) is 99.9 Å². The van der Waals surface area contributed by atoms with Gasteiger partial charge in [-0.3, -0.25) is 14.9 Å². The predicted octanol–water partition coefficient (Wildman–Crippen LogP) is 3.36. The summed E-state index contributed by atoms with van der Waals surface area (Å²) in [4.78, 5) is 23.8. The molecule has 1 aliphatic rings. The SMILES string of the molecule is COc1cc(C(=O)Nc2ccc3c(c2)CCC3)c([N+](=O)[O-])c(OC)c1OC. The molecule has 0 radical (unpaired) electrons. The Bertz CT molecular complexity index is 910. The zero-order valence-electron chi connectivity index (χ0n) is 15.3. The molecule has 0 saturated carbocycles. The number of nitro groups is 1. The highest BCUT2D eigenvalue weighted by Crippen LogP contribution is 2.46. The van der Waals surface area contributed by atoms with Gasteiger partial charge in [-0.2, -0.15) is 0 Å². The maximum Gasteiger partial charge on any atom is 0.327 e. The van der Waals surface area contributed by atoms with Crippen molar-refractivity contribution < 1.29 is 23.9 Å². The summed E-state index contributed by atoms with van der Waals surface area (Å²) in [5, 5.41) is 14.4. The molecule has 142 valence electrons. The summed E-state index contributed by atoms with van der Waals surface area (Å²) in [6, 6.07) is 6.96. The minimum Gasteiger partial charge on any atom is -0.493 e. The first kappa shape index (κ1) is 18.5. The van der Waals surface area contributed by atoms with Gasteiger partial charge < -0.3 is 19.5 Å². The number of ether oxygens (including phenoxy) is 3. The lowest BCUT2D eigenvalue weighted by molar-refractivity contribution is -0.386. The summed E-state index contributed by atoms with van der Waals surface area (Å²) in [7, 11) is 3.99. The fourth-order valence-corrected chi connectivity index (χ4v) is 3.34. The molecule has 8 heteroatoms. The number of nitrogens with zero attached hydrogens (tertiary/aromatic N) is 1. The zero-order chi connectivity index (χ0) is 19.6. The molecule has 0 spiro atoms. The Balaban J connectivity index is 2.04. The number of nitrogens with one attached hydrogen (secondary N) is 1. The number of methoxy groups -OCH3 is 3. The summed E-state index contributed by atoms with van der Waals surface area (Å²) in [6.07, 6.45) is 3.08. The minimum absolute atomic E-state index is 0.0563. The van der Waals surface area contributed by atoms with Gasteiger partial charge in [0.25, 0.3) is 5.91 Å². The number of aryl methyl sites for hydroxylation is 2. The first-order chi connectivity index (χ1) is 13.0. The molecule has 0 heterocycles. The molecule has 0 atom stereocenters. The maximum atomic E-state index is 12.8. The molecule has 0 bridgehead atoms. The number of fused-ring (bicyclic) bond motifs is 1. The Morgan fingerprint density at radius 3 is 2.37 bits per heavy atom. The number of benzene rings is 2. The number of amides is 1. The molecule has 0 unspecified atom stereocenters. The average molecular weight is 372 g/mol. The van der Waals surface area contributed by atoms with Crippen molar-refractivity contribution >= 4 is 17.3 Å². The lowest BCUT2D eigenvalue weighted by Gasteiger charge is -2.15. The first-order valence-electron chi connectivity index (χ1n) is 8.40. The average Bonchev–Trinajstić information content (AvgIpc) is 3.13. The van der Waals surface area contributed by atoms with Gasteiger partial charge >= 0.3 is 5.69 Å². The molecule has 0 saturated heterocycles. The van der Waals surface area contributed by atoms with Gasteiger partial charge in [-0.25, -0.2) is 0 Å². The second-order valence-corrected chi connectivity index (χ2v) is 6.09. The van der Waals surface area contributed by atoms with Gasteiger partial charge in [0, 0.05) is 11.8 Å². The standard InChI is InChI=1S/C19H20N2O6/c1-25-15-10-14(16(21(23)24)18(27-3)17(15)26-2)19(22)20-13-8-7-11-5-4-6-12(11)9-13/h7-10H,4-6H2,1-3H3,(H,20,22). The van der Waals surface area contributed by atoms with Crippen LogP contribution in [0.5, 0.6) is 17.2 Å². The number of nitro benzene ring substituents is 1. The Kier molecular flexibility index (Phi) is 5.16. The second kappa shape index (κ2) is 7.53. The molecular weight excluding hydrogens is 352 g/mol. The van der Waals surface area contributed by atoms with Gasteiger partial charge in [-0.15, -0.1) is 0 Å². The summed E-state index contributed by atoms with van der Waals surface area (Å²) in [6.45, 7) is 0. The molecule has 2 aromatic rings. The Labute approximate surface area is 156 Å². The Hall–Kier alpha value is -3.29. The van der Waals surface area contributed by atoms with Crippen LogP contribution >= 0.6 is 0 Å². The van der Waals surface area contributed by atoms with Crippen molar-refractivity contribution in [1.29, 1.82) is 0 Å². The monoisotopic (exact) mass is 372 g/mol. The van der Waals surface area contributed by atoms with Crippen LogP contribution in [0.3, 0.4) is 0 Å². The number of carbonyl (C=O) groups is 1. The Morgan fingerprint density at radius 1 is 1.04 bits per heavy atom. The largest absolute Gasteiger partial charge is 0.493 e. The van der Waals surface area contributed by atoms with Crippen LogP contribution in [0.25, 0.3) is 0 Å². The Morgan fingerprint density at radius 2 is 1.74 bits per heavy atom. The van der Waals surface area contributed by atoms with Gasteiger partial charge in [-0.05, 0) is 42.5 Å². The normalized spacial score (nSPS) is 12.3. The molecular formula is C19H20N2O6. The first-order valence-corrected chi connectivity index (χ1v) is 8.40. The lowest BCUT2D eigenvalue weighted by Crippen LogP contribution is -2.15. The summed E-state index contributed by atoms with van der Waals surface area (Å²) in [5.74, 6) is -0.570. The number of rotatable bonds is 6. The van der Waals surface area contributed by atoms with Gasteiger partial charge in [0.15, 0.2) is 5.75 Å². The number of anilines is 1. The van der Waals surface area contributed by atoms with E-state index in [0.29, 0.717) is 5.69 Å². The van der Waals surface area contributed by atoms with Crippen LogP contribution in [-0.2, 0) is 12.8 Å². The lowest BCUT2D eigenvalue weighted by atomic mass is 10.1. The molecule has 8 nitrogen and oxygen atoms in total. The number of carbonyl (C=O) groups excluding carboxylic acids is 1. The molecule has 0 aromatic heterocycles. The van der Waals surface area contributed by atoms with E-state index < -0.39 is 16.5 Å². The molecule has 0 fully saturated rings. The smallest absolute Gasteiger partial charge is 0.327 e. The number of hydrogen-bond donors (Lipinski definition) is 1. The van der Waals surface area contributed by atoms with Gasteiger partial charge in [-0.1, -0.05) is 6.07 Å². The van der Waals surface area contributed by atoms with Crippen LogP contribution in [0, 0.1) is 10.1 Å². The van der Waals surface area contributed by atoms with Gasteiger partial charge in [0.05, 0.1) is 26.3 Å². The highest BCUT2D eigenvalue weighted by atomic mass is 16.6. The van der Waals surface area contributed by atoms with E-state index in [2.05, 4.69) is 5.32 Å². The van der Waals surface area contributed by atoms with Crippen molar-refractivity contribution in [3.8, 4) is 17.2 Å². The van der Waals surface area contributed by atoms with Crippen molar-refractivity contribution in [3.05, 3.63) is 51.1 Å². The fourth-order valence-electron chi connectivity index (χ4n) is 3.34. The molecule has 1 amide bonds. The summed E-state index contributed by atoms with van der Waals surface area (Å²) < 4.78 is 15.5. The number of hydrogen-bond acceptors (Lipinski definition) is 6. The van der Waals surface area contributed by atoms with Crippen LogP contribution in [0.1, 0.15) is 27.9 Å². The third kappa shape index (κ3) is 3.38. The summed E-state index contributed by atoms with van der Waals surface area (Å²) >= 11 is 0. The van der Waals surface area contributed by atoms with E-state index in [1.54, 1.807) is 6.07 Å². The highest BCUT2D eigenvalue weighted by Gasteiger charge is 2.32. The van der Waals surface area contributed by atoms with Gasteiger partial charge in [0.2, 0.25) is 11.5 Å². The highest BCUT2D eigenvalue weighted by molar-refractivity contribution is 6.08. The maximum absolute atomic E-state index is 12.8. The van der Waals surface area contributed by atoms with E-state index in [4.69, 9.17) is 14.2 Å². The van der Waals surface area contributed by atoms with E-state index in [9.17, 15) is 14.9 Å². The summed E-state index contributed by atoms with van der Waals surface area (Å²) in [5.41, 5.74) is 2.39. The van der Waals surface area contributed by atoms with E-state index >= 15 is 0 Å². The van der Waals surface area contributed by atoms with Crippen molar-refractivity contribution in [1.82, 2.24) is 0 Å². The van der Waals surface area contributed by atoms with Crippen LogP contribution in [0.2, 0.25) is 0 Å². The van der Waals surface area contributed by atoms with E-state index in [1.165, 1.54) is 38.5 Å². The van der Waals surface area contributed by atoms with Crippen molar-refractivity contribution in [2.24, 2.45) is 0 Å². The van der Waals surface area contributed by atoms with E-state index in [0.717, 1.165) is 19.3 Å². The molecule has 0 aliphatic heterocycles. The van der Waals surface area contributed by atoms with Crippen LogP contribution in [0.4, 0.5) is 11.4 Å². The second-order valence-electron chi connectivity index (χ2n) is 6.09. The zero-order valence-corrected chi connectivity index (χ0v) is 15.3. The molecule has 1 aliphatic carbocycles. The molecule has 3 rings (SSSR count). The third-order valence-corrected chi connectivity index (χ3v) is 4.59. The van der Waals surface area contributed by atoms with Crippen molar-refractivity contribution in [2.45, 2.75) is 19.3 Å². The van der Waals surface area contributed by atoms with Crippen LogP contribution < -0.4 is 19.5 Å². The van der Waals surface area contributed by atoms with Crippen molar-refractivity contribution in [2.75, 3.05) is 26.6 Å². The third-order valence-electron chi connectivity index (χ3n) is 4.59.